The molecule has 0 bridgehead atoms. The lowest BCUT2D eigenvalue weighted by Gasteiger charge is -2.44. The third kappa shape index (κ3) is 3.25. The molecule has 0 aromatic carbocycles. The average Bonchev–Trinajstić information content (AvgIpc) is 2.76. The Bertz CT molecular complexity index is 544. The normalized spacial score (nSPS) is 23.4. The second-order valence-electron chi connectivity index (χ2n) is 6.80. The third-order valence-electron chi connectivity index (χ3n) is 3.79. The third-order valence-corrected chi connectivity index (χ3v) is 3.79. The number of nitrogens with zero attached hydrogens (tertiary/aromatic N) is 3. The lowest BCUT2D eigenvalue weighted by Crippen LogP contribution is -2.66. The monoisotopic (exact) mass is 292 g/mol. The molecule has 1 aromatic heterocycles. The predicted molar refractivity (Wildman–Crippen MR) is 79.5 cm³/mol. The zero-order chi connectivity index (χ0) is 15.8. The van der Waals surface area contributed by atoms with E-state index in [1.165, 1.54) is 0 Å². The van der Waals surface area contributed by atoms with Crippen molar-refractivity contribution in [2.24, 2.45) is 12.5 Å². The molecule has 1 aromatic rings. The van der Waals surface area contributed by atoms with Gasteiger partial charge in [0.15, 0.2) is 0 Å². The molecule has 2 rings (SSSR count). The van der Waals surface area contributed by atoms with Gasteiger partial charge in [0.2, 0.25) is 11.8 Å². The summed E-state index contributed by atoms with van der Waals surface area (Å²) < 4.78 is 1.74. The first-order chi connectivity index (χ1) is 9.70. The lowest BCUT2D eigenvalue weighted by atomic mass is 9.83. The Morgan fingerprint density at radius 3 is 2.52 bits per heavy atom. The van der Waals surface area contributed by atoms with Gasteiger partial charge < -0.3 is 10.2 Å². The summed E-state index contributed by atoms with van der Waals surface area (Å²) in [6.45, 7) is 8.22. The van der Waals surface area contributed by atoms with Gasteiger partial charge in [-0.3, -0.25) is 14.3 Å². The Labute approximate surface area is 125 Å². The molecular formula is C15H24N4O2. The van der Waals surface area contributed by atoms with Gasteiger partial charge in [-0.25, -0.2) is 0 Å². The number of piperazine rings is 1. The molecule has 1 aliphatic heterocycles. The molecule has 21 heavy (non-hydrogen) atoms. The maximum atomic E-state index is 12.4. The summed E-state index contributed by atoms with van der Waals surface area (Å²) in [5, 5.41) is 6.90. The van der Waals surface area contributed by atoms with Gasteiger partial charge in [-0.05, 0) is 24.3 Å². The summed E-state index contributed by atoms with van der Waals surface area (Å²) in [7, 11) is 1.86. The van der Waals surface area contributed by atoms with Crippen LogP contribution in [0.15, 0.2) is 12.4 Å². The zero-order valence-electron chi connectivity index (χ0n) is 13.4. The predicted octanol–water partition coefficient (Wildman–Crippen LogP) is 0.724. The molecular weight excluding hydrogens is 268 g/mol. The van der Waals surface area contributed by atoms with E-state index in [4.69, 9.17) is 0 Å². The van der Waals surface area contributed by atoms with Crippen molar-refractivity contribution in [2.45, 2.75) is 46.2 Å². The van der Waals surface area contributed by atoms with Crippen molar-refractivity contribution >= 4 is 11.8 Å². The van der Waals surface area contributed by atoms with Crippen LogP contribution in [0.3, 0.4) is 0 Å². The highest BCUT2D eigenvalue weighted by atomic mass is 16.2. The number of hydrogen-bond donors (Lipinski definition) is 1. The molecule has 0 aliphatic carbocycles. The van der Waals surface area contributed by atoms with Crippen LogP contribution in [0, 0.1) is 5.41 Å². The summed E-state index contributed by atoms with van der Waals surface area (Å²) in [6.07, 6.45) is 4.43. The Morgan fingerprint density at radius 1 is 1.33 bits per heavy atom. The smallest absolute Gasteiger partial charge is 0.245 e. The molecule has 2 unspecified atom stereocenters. The summed E-state index contributed by atoms with van der Waals surface area (Å²) in [5.74, 6) is -0.0841. The first kappa shape index (κ1) is 15.5. The van der Waals surface area contributed by atoms with Gasteiger partial charge in [-0.15, -0.1) is 0 Å². The van der Waals surface area contributed by atoms with Crippen LogP contribution in [-0.4, -0.2) is 45.1 Å². The number of hydrogen-bond acceptors (Lipinski definition) is 3. The molecule has 2 heterocycles. The van der Waals surface area contributed by atoms with E-state index in [0.717, 1.165) is 5.56 Å². The van der Waals surface area contributed by atoms with Gasteiger partial charge in [-0.1, -0.05) is 20.8 Å². The largest absolute Gasteiger partial charge is 0.343 e. The standard InChI is InChI=1S/C15H24N4O2/c1-10-14(21)19(7-6-11-8-16-18(5)9-11)12(13(20)17-10)15(2,3)4/h8-10,12H,6-7H2,1-5H3,(H,17,20). The van der Waals surface area contributed by atoms with E-state index >= 15 is 0 Å². The number of aromatic nitrogens is 2. The minimum absolute atomic E-state index is 0.0154. The van der Waals surface area contributed by atoms with Crippen molar-refractivity contribution < 1.29 is 9.59 Å². The summed E-state index contributed by atoms with van der Waals surface area (Å²) in [5.41, 5.74) is 0.769. The minimum Gasteiger partial charge on any atom is -0.343 e. The molecule has 116 valence electrons. The van der Waals surface area contributed by atoms with Crippen LogP contribution >= 0.6 is 0 Å². The fourth-order valence-electron chi connectivity index (χ4n) is 2.82. The van der Waals surface area contributed by atoms with E-state index in [1.54, 1.807) is 22.7 Å². The van der Waals surface area contributed by atoms with Gasteiger partial charge in [0, 0.05) is 19.8 Å². The van der Waals surface area contributed by atoms with E-state index in [2.05, 4.69) is 10.4 Å². The molecule has 0 radical (unpaired) electrons. The van der Waals surface area contributed by atoms with Crippen molar-refractivity contribution in [3.8, 4) is 0 Å². The van der Waals surface area contributed by atoms with Crippen molar-refractivity contribution in [1.82, 2.24) is 20.0 Å². The number of amides is 2. The van der Waals surface area contributed by atoms with Crippen LogP contribution in [0.2, 0.25) is 0 Å². The van der Waals surface area contributed by atoms with E-state index in [0.29, 0.717) is 13.0 Å². The number of nitrogens with one attached hydrogen (secondary N) is 1. The van der Waals surface area contributed by atoms with E-state index < -0.39 is 12.1 Å². The first-order valence-corrected chi connectivity index (χ1v) is 7.28. The van der Waals surface area contributed by atoms with Crippen LogP contribution in [-0.2, 0) is 23.1 Å². The molecule has 1 aliphatic rings. The van der Waals surface area contributed by atoms with Crippen molar-refractivity contribution in [2.75, 3.05) is 6.54 Å². The van der Waals surface area contributed by atoms with Crippen LogP contribution in [0.1, 0.15) is 33.3 Å². The number of carbonyl (C=O) groups excluding carboxylic acids is 2. The zero-order valence-corrected chi connectivity index (χ0v) is 13.4. The molecule has 1 saturated heterocycles. The Kier molecular flexibility index (Phi) is 4.07. The fourth-order valence-corrected chi connectivity index (χ4v) is 2.82. The fraction of sp³-hybridized carbons (Fsp3) is 0.667. The van der Waals surface area contributed by atoms with Gasteiger partial charge in [0.05, 0.1) is 6.20 Å². The summed E-state index contributed by atoms with van der Waals surface area (Å²) >= 11 is 0. The Balaban J connectivity index is 2.18. The maximum Gasteiger partial charge on any atom is 0.245 e. The molecule has 6 heteroatoms. The van der Waals surface area contributed by atoms with Gasteiger partial charge in [0.1, 0.15) is 12.1 Å². The molecule has 6 nitrogen and oxygen atoms in total. The molecule has 2 atom stereocenters. The highest BCUT2D eigenvalue weighted by molar-refractivity contribution is 5.97. The molecule has 0 saturated carbocycles. The quantitative estimate of drug-likeness (QED) is 0.893. The van der Waals surface area contributed by atoms with E-state index in [1.807, 2.05) is 34.0 Å². The van der Waals surface area contributed by atoms with Crippen molar-refractivity contribution in [3.63, 3.8) is 0 Å². The molecule has 0 spiro atoms. The number of rotatable bonds is 3. The SMILES string of the molecule is CC1NC(=O)C(C(C)(C)C)N(CCc2cnn(C)c2)C1=O. The average molecular weight is 292 g/mol. The van der Waals surface area contributed by atoms with Gasteiger partial charge >= 0.3 is 0 Å². The van der Waals surface area contributed by atoms with Crippen LogP contribution in [0.5, 0.6) is 0 Å². The number of aryl methyl sites for hydroxylation is 1. The molecule has 1 fully saturated rings. The van der Waals surface area contributed by atoms with Crippen molar-refractivity contribution in [3.05, 3.63) is 18.0 Å². The Morgan fingerprint density at radius 2 is 2.00 bits per heavy atom. The minimum atomic E-state index is -0.454. The van der Waals surface area contributed by atoms with Crippen LogP contribution < -0.4 is 5.32 Å². The number of carbonyl (C=O) groups is 2. The van der Waals surface area contributed by atoms with Gasteiger partial charge in [0.25, 0.3) is 0 Å². The van der Waals surface area contributed by atoms with Gasteiger partial charge in [-0.2, -0.15) is 5.10 Å². The highest BCUT2D eigenvalue weighted by Crippen LogP contribution is 2.28. The maximum absolute atomic E-state index is 12.4. The summed E-state index contributed by atoms with van der Waals surface area (Å²) in [6, 6.07) is -0.886. The van der Waals surface area contributed by atoms with E-state index in [9.17, 15) is 9.59 Å². The summed E-state index contributed by atoms with van der Waals surface area (Å²) in [4.78, 5) is 26.5. The molecule has 1 N–H and O–H groups in total. The topological polar surface area (TPSA) is 67.2 Å². The lowest BCUT2D eigenvalue weighted by molar-refractivity contribution is -0.153. The molecule has 2 amide bonds. The second kappa shape index (κ2) is 5.50. The first-order valence-electron chi connectivity index (χ1n) is 7.28. The second-order valence-corrected chi connectivity index (χ2v) is 6.80. The highest BCUT2D eigenvalue weighted by Gasteiger charge is 2.44. The van der Waals surface area contributed by atoms with Crippen LogP contribution in [0.25, 0.3) is 0 Å². The van der Waals surface area contributed by atoms with E-state index in [-0.39, 0.29) is 17.2 Å². The van der Waals surface area contributed by atoms with Crippen molar-refractivity contribution in [1.29, 1.82) is 0 Å². The van der Waals surface area contributed by atoms with Crippen LogP contribution in [0.4, 0.5) is 0 Å². The Hall–Kier alpha value is -1.85.